The molecule has 7 heteroatoms. The highest BCUT2D eigenvalue weighted by atomic mass is 35.5. The van der Waals surface area contributed by atoms with E-state index in [1.165, 1.54) is 10.9 Å². The highest BCUT2D eigenvalue weighted by molar-refractivity contribution is 6.44. The number of nitrogens with one attached hydrogen (secondary N) is 2. The lowest BCUT2D eigenvalue weighted by molar-refractivity contribution is -0.117. The topological polar surface area (TPSA) is 57.4 Å². The van der Waals surface area contributed by atoms with Crippen molar-refractivity contribution in [2.24, 2.45) is 0 Å². The molecule has 2 heterocycles. The number of carbonyl (C=O) groups excluding carboxylic acids is 1. The van der Waals surface area contributed by atoms with Crippen LogP contribution in [0.5, 0.6) is 5.75 Å². The lowest BCUT2D eigenvalue weighted by atomic mass is 9.89. The molecule has 152 valence electrons. The van der Waals surface area contributed by atoms with Gasteiger partial charge in [0.2, 0.25) is 5.91 Å². The van der Waals surface area contributed by atoms with Gasteiger partial charge in [-0.2, -0.15) is 0 Å². The van der Waals surface area contributed by atoms with Gasteiger partial charge in [0.25, 0.3) is 0 Å². The first-order valence-electron chi connectivity index (χ1n) is 9.66. The van der Waals surface area contributed by atoms with Gasteiger partial charge in [-0.15, -0.1) is 0 Å². The van der Waals surface area contributed by atoms with Crippen molar-refractivity contribution in [3.05, 3.63) is 58.2 Å². The van der Waals surface area contributed by atoms with Crippen LogP contribution in [0.3, 0.4) is 0 Å². The van der Waals surface area contributed by atoms with Gasteiger partial charge in [-0.25, -0.2) is 0 Å². The smallest absolute Gasteiger partial charge is 0.238 e. The minimum absolute atomic E-state index is 0.0792. The molecule has 0 unspecified atom stereocenters. The molecule has 1 aromatic heterocycles. The maximum Gasteiger partial charge on any atom is 0.238 e. The van der Waals surface area contributed by atoms with Crippen LogP contribution in [0.25, 0.3) is 10.9 Å². The number of halogens is 2. The van der Waals surface area contributed by atoms with Crippen LogP contribution in [0.2, 0.25) is 10.0 Å². The summed E-state index contributed by atoms with van der Waals surface area (Å²) in [5, 5.41) is 4.88. The van der Waals surface area contributed by atoms with E-state index in [0.29, 0.717) is 28.2 Å². The number of benzene rings is 2. The van der Waals surface area contributed by atoms with Gasteiger partial charge in [0, 0.05) is 17.1 Å². The molecule has 5 nitrogen and oxygen atoms in total. The standard InChI is InChI=1S/C22H23Cl2N3O2/c1-29-15-5-6-19-16(11-15)17(12-25-19)14-7-9-27(10-8-14)13-21(28)26-20-4-2-3-18(23)22(20)24/h2-6,11-12,14,25H,7-10,13H2,1H3,(H,26,28). The third kappa shape index (κ3) is 4.37. The van der Waals surface area contributed by atoms with Gasteiger partial charge in [-0.1, -0.05) is 29.3 Å². The van der Waals surface area contributed by atoms with Crippen molar-refractivity contribution in [2.75, 3.05) is 32.1 Å². The summed E-state index contributed by atoms with van der Waals surface area (Å²) >= 11 is 12.2. The zero-order valence-corrected chi connectivity index (χ0v) is 17.7. The van der Waals surface area contributed by atoms with E-state index in [9.17, 15) is 4.79 Å². The fraction of sp³-hybridized carbons (Fsp3) is 0.318. The first kappa shape index (κ1) is 20.1. The minimum Gasteiger partial charge on any atom is -0.497 e. The normalized spacial score (nSPS) is 15.6. The van der Waals surface area contributed by atoms with Gasteiger partial charge >= 0.3 is 0 Å². The second-order valence-electron chi connectivity index (χ2n) is 7.36. The van der Waals surface area contributed by atoms with Crippen LogP contribution < -0.4 is 10.1 Å². The Morgan fingerprint density at radius 2 is 2.03 bits per heavy atom. The molecule has 0 spiro atoms. The molecule has 0 saturated carbocycles. The molecule has 0 atom stereocenters. The molecule has 0 bridgehead atoms. The van der Waals surface area contributed by atoms with Gasteiger partial charge in [0.05, 0.1) is 29.4 Å². The molecule has 1 fully saturated rings. The first-order valence-corrected chi connectivity index (χ1v) is 10.4. The molecule has 4 rings (SSSR count). The van der Waals surface area contributed by atoms with Gasteiger partial charge < -0.3 is 15.0 Å². The number of rotatable bonds is 5. The lowest BCUT2D eigenvalue weighted by Crippen LogP contribution is -2.38. The zero-order valence-electron chi connectivity index (χ0n) is 16.2. The Morgan fingerprint density at radius 1 is 1.24 bits per heavy atom. The van der Waals surface area contributed by atoms with E-state index < -0.39 is 0 Å². The maximum atomic E-state index is 12.4. The van der Waals surface area contributed by atoms with E-state index in [2.05, 4.69) is 33.5 Å². The minimum atomic E-state index is -0.0792. The van der Waals surface area contributed by atoms with E-state index >= 15 is 0 Å². The predicted octanol–water partition coefficient (Wildman–Crippen LogP) is 5.30. The van der Waals surface area contributed by atoms with E-state index in [1.807, 2.05) is 6.07 Å². The largest absolute Gasteiger partial charge is 0.497 e. The van der Waals surface area contributed by atoms with Crippen LogP contribution in [0.4, 0.5) is 5.69 Å². The summed E-state index contributed by atoms with van der Waals surface area (Å²) in [5.41, 5.74) is 3.00. The molecular formula is C22H23Cl2N3O2. The lowest BCUT2D eigenvalue weighted by Gasteiger charge is -2.31. The van der Waals surface area contributed by atoms with Crippen molar-refractivity contribution in [1.29, 1.82) is 0 Å². The highest BCUT2D eigenvalue weighted by Crippen LogP contribution is 2.35. The summed E-state index contributed by atoms with van der Waals surface area (Å²) < 4.78 is 5.38. The summed E-state index contributed by atoms with van der Waals surface area (Å²) in [7, 11) is 1.69. The van der Waals surface area contributed by atoms with E-state index in [0.717, 1.165) is 37.2 Å². The van der Waals surface area contributed by atoms with Crippen LogP contribution in [-0.2, 0) is 4.79 Å². The monoisotopic (exact) mass is 431 g/mol. The number of likely N-dealkylation sites (tertiary alicyclic amines) is 1. The second-order valence-corrected chi connectivity index (χ2v) is 8.14. The molecule has 0 aliphatic carbocycles. The number of hydrogen-bond acceptors (Lipinski definition) is 3. The number of amides is 1. The van der Waals surface area contributed by atoms with Crippen LogP contribution in [0.15, 0.2) is 42.6 Å². The van der Waals surface area contributed by atoms with Crippen molar-refractivity contribution < 1.29 is 9.53 Å². The molecule has 1 amide bonds. The molecule has 1 saturated heterocycles. The van der Waals surface area contributed by atoms with Crippen molar-refractivity contribution in [3.63, 3.8) is 0 Å². The molecule has 2 aromatic carbocycles. The van der Waals surface area contributed by atoms with Crippen molar-refractivity contribution >= 4 is 45.7 Å². The van der Waals surface area contributed by atoms with Crippen LogP contribution >= 0.6 is 23.2 Å². The molecular weight excluding hydrogens is 409 g/mol. The van der Waals surface area contributed by atoms with Gasteiger partial charge in [0.1, 0.15) is 5.75 Å². The van der Waals surface area contributed by atoms with Gasteiger partial charge in [-0.05, 0) is 67.7 Å². The Bertz CT molecular complexity index is 1030. The number of hydrogen-bond donors (Lipinski definition) is 2. The number of carbonyl (C=O) groups is 1. The van der Waals surface area contributed by atoms with Crippen LogP contribution in [0.1, 0.15) is 24.3 Å². The number of piperidine rings is 1. The number of fused-ring (bicyclic) bond motifs is 1. The summed E-state index contributed by atoms with van der Waals surface area (Å²) in [5.74, 6) is 1.26. The van der Waals surface area contributed by atoms with Crippen molar-refractivity contribution in [1.82, 2.24) is 9.88 Å². The third-order valence-electron chi connectivity index (χ3n) is 5.54. The molecule has 0 radical (unpaired) electrons. The number of nitrogens with zero attached hydrogens (tertiary/aromatic N) is 1. The van der Waals surface area contributed by atoms with E-state index in [4.69, 9.17) is 27.9 Å². The highest BCUT2D eigenvalue weighted by Gasteiger charge is 2.24. The fourth-order valence-corrected chi connectivity index (χ4v) is 4.33. The first-order chi connectivity index (χ1) is 14.0. The number of methoxy groups -OCH3 is 1. The maximum absolute atomic E-state index is 12.4. The second kappa shape index (κ2) is 8.66. The summed E-state index contributed by atoms with van der Waals surface area (Å²) in [6.45, 7) is 2.09. The SMILES string of the molecule is COc1ccc2[nH]cc(C3CCN(CC(=O)Nc4cccc(Cl)c4Cl)CC3)c2c1. The third-order valence-corrected chi connectivity index (χ3v) is 6.36. The number of ether oxygens (including phenoxy) is 1. The Morgan fingerprint density at radius 3 is 2.79 bits per heavy atom. The number of aromatic amines is 1. The Kier molecular flexibility index (Phi) is 5.99. The van der Waals surface area contributed by atoms with Crippen molar-refractivity contribution in [3.8, 4) is 5.75 Å². The molecule has 1 aliphatic heterocycles. The van der Waals surface area contributed by atoms with Gasteiger partial charge in [-0.3, -0.25) is 9.69 Å². The predicted molar refractivity (Wildman–Crippen MR) is 118 cm³/mol. The van der Waals surface area contributed by atoms with Gasteiger partial charge in [0.15, 0.2) is 0 Å². The number of anilines is 1. The Labute approximate surface area is 179 Å². The molecule has 1 aliphatic rings. The fourth-order valence-electron chi connectivity index (χ4n) is 3.98. The summed E-state index contributed by atoms with van der Waals surface area (Å²) in [4.78, 5) is 18.0. The molecule has 3 aromatic rings. The van der Waals surface area contributed by atoms with Crippen molar-refractivity contribution in [2.45, 2.75) is 18.8 Å². The summed E-state index contributed by atoms with van der Waals surface area (Å²) in [6, 6.07) is 11.3. The van der Waals surface area contributed by atoms with Crippen LogP contribution in [0, 0.1) is 0 Å². The van der Waals surface area contributed by atoms with Crippen LogP contribution in [-0.4, -0.2) is 42.5 Å². The number of H-pyrrole nitrogens is 1. The average molecular weight is 432 g/mol. The molecule has 2 N–H and O–H groups in total. The molecule has 29 heavy (non-hydrogen) atoms. The quantitative estimate of drug-likeness (QED) is 0.575. The summed E-state index contributed by atoms with van der Waals surface area (Å²) in [6.07, 6.45) is 4.13. The Balaban J connectivity index is 1.36. The number of aromatic nitrogens is 1. The average Bonchev–Trinajstić information content (AvgIpc) is 3.15. The Hall–Kier alpha value is -2.21. The van der Waals surface area contributed by atoms with E-state index in [-0.39, 0.29) is 5.91 Å². The zero-order chi connectivity index (χ0) is 20.4. The van der Waals surface area contributed by atoms with E-state index in [1.54, 1.807) is 25.3 Å².